The lowest BCUT2D eigenvalue weighted by atomic mass is 9.74. The molecule has 1 spiro atoms. The summed E-state index contributed by atoms with van der Waals surface area (Å²) in [5.41, 5.74) is -0.143. The Balaban J connectivity index is 1.85. The summed E-state index contributed by atoms with van der Waals surface area (Å²) in [7, 11) is 0. The minimum atomic E-state index is -0.417. The van der Waals surface area contributed by atoms with Crippen LogP contribution in [0.2, 0.25) is 0 Å². The van der Waals surface area contributed by atoms with Crippen LogP contribution in [0.3, 0.4) is 0 Å². The van der Waals surface area contributed by atoms with E-state index >= 15 is 0 Å². The molecule has 2 unspecified atom stereocenters. The Kier molecular flexibility index (Phi) is 4.39. The molecule has 2 rings (SSSR count). The fraction of sp³-hybridized carbons (Fsp3) is 0.933. The van der Waals surface area contributed by atoms with Gasteiger partial charge in [-0.25, -0.2) is 4.79 Å². The predicted molar refractivity (Wildman–Crippen MR) is 76.2 cm³/mol. The number of hydrogen-bond acceptors (Lipinski definition) is 3. The molecule has 1 aliphatic carbocycles. The molecule has 110 valence electrons. The molecule has 1 amide bonds. The third-order valence-electron chi connectivity index (χ3n) is 4.15. The molecule has 1 aliphatic heterocycles. The number of amides is 1. The van der Waals surface area contributed by atoms with Gasteiger partial charge in [0.05, 0.1) is 0 Å². The maximum Gasteiger partial charge on any atom is 0.407 e. The van der Waals surface area contributed by atoms with Crippen LogP contribution in [0.1, 0.15) is 65.7 Å². The minimum Gasteiger partial charge on any atom is -0.444 e. The summed E-state index contributed by atoms with van der Waals surface area (Å²) in [5.74, 6) is 0. The van der Waals surface area contributed by atoms with Crippen LogP contribution in [0, 0.1) is 0 Å². The Morgan fingerprint density at radius 1 is 1.26 bits per heavy atom. The van der Waals surface area contributed by atoms with Crippen molar-refractivity contribution in [3.05, 3.63) is 0 Å². The van der Waals surface area contributed by atoms with Gasteiger partial charge in [0.1, 0.15) is 5.60 Å². The highest BCUT2D eigenvalue weighted by molar-refractivity contribution is 5.68. The van der Waals surface area contributed by atoms with Gasteiger partial charge in [-0.15, -0.1) is 0 Å². The highest BCUT2D eigenvalue weighted by Gasteiger charge is 2.37. The second-order valence-corrected chi connectivity index (χ2v) is 7.10. The first-order valence-corrected chi connectivity index (χ1v) is 7.63. The molecular formula is C15H28N2O2. The first-order valence-electron chi connectivity index (χ1n) is 7.63. The molecule has 2 atom stereocenters. The predicted octanol–water partition coefficient (Wildman–Crippen LogP) is 2.97. The number of piperidine rings is 1. The second kappa shape index (κ2) is 5.70. The number of carbonyl (C=O) groups is 1. The van der Waals surface area contributed by atoms with Crippen LogP contribution < -0.4 is 10.6 Å². The van der Waals surface area contributed by atoms with E-state index in [0.717, 1.165) is 19.4 Å². The van der Waals surface area contributed by atoms with Gasteiger partial charge in [-0.3, -0.25) is 0 Å². The van der Waals surface area contributed by atoms with Crippen molar-refractivity contribution in [3.8, 4) is 0 Å². The van der Waals surface area contributed by atoms with E-state index in [9.17, 15) is 4.79 Å². The van der Waals surface area contributed by atoms with Crippen molar-refractivity contribution in [3.63, 3.8) is 0 Å². The van der Waals surface area contributed by atoms with Crippen molar-refractivity contribution in [1.29, 1.82) is 0 Å². The summed E-state index contributed by atoms with van der Waals surface area (Å²) in [4.78, 5) is 11.8. The highest BCUT2D eigenvalue weighted by Crippen LogP contribution is 2.34. The summed E-state index contributed by atoms with van der Waals surface area (Å²) >= 11 is 0. The van der Waals surface area contributed by atoms with Gasteiger partial charge < -0.3 is 15.4 Å². The molecule has 4 heteroatoms. The average molecular weight is 268 g/mol. The Morgan fingerprint density at radius 2 is 2.00 bits per heavy atom. The topological polar surface area (TPSA) is 50.4 Å². The molecule has 0 bridgehead atoms. The molecule has 2 aliphatic rings. The van der Waals surface area contributed by atoms with Gasteiger partial charge >= 0.3 is 6.09 Å². The molecule has 1 heterocycles. The number of ether oxygens (including phenoxy) is 1. The van der Waals surface area contributed by atoms with Crippen LogP contribution in [0.15, 0.2) is 0 Å². The highest BCUT2D eigenvalue weighted by atomic mass is 16.6. The van der Waals surface area contributed by atoms with Crippen LogP contribution in [-0.2, 0) is 4.74 Å². The Bertz CT molecular complexity index is 311. The summed E-state index contributed by atoms with van der Waals surface area (Å²) < 4.78 is 5.35. The van der Waals surface area contributed by atoms with Crippen molar-refractivity contribution in [2.45, 2.75) is 82.9 Å². The van der Waals surface area contributed by atoms with Crippen LogP contribution in [0.5, 0.6) is 0 Å². The molecule has 1 saturated heterocycles. The largest absolute Gasteiger partial charge is 0.444 e. The first-order chi connectivity index (χ1) is 8.89. The normalized spacial score (nSPS) is 32.1. The van der Waals surface area contributed by atoms with E-state index in [1.807, 2.05) is 20.8 Å². The Hall–Kier alpha value is -0.770. The van der Waals surface area contributed by atoms with E-state index in [0.29, 0.717) is 0 Å². The maximum atomic E-state index is 11.8. The smallest absolute Gasteiger partial charge is 0.407 e. The summed E-state index contributed by atoms with van der Waals surface area (Å²) in [6, 6.07) is 0.259. The molecule has 4 nitrogen and oxygen atoms in total. The lowest BCUT2D eigenvalue weighted by Crippen LogP contribution is -2.55. The molecule has 0 aromatic rings. The van der Waals surface area contributed by atoms with Crippen LogP contribution in [0.25, 0.3) is 0 Å². The molecule has 1 saturated carbocycles. The van der Waals surface area contributed by atoms with Gasteiger partial charge in [0.15, 0.2) is 0 Å². The van der Waals surface area contributed by atoms with Gasteiger partial charge in [-0.2, -0.15) is 0 Å². The van der Waals surface area contributed by atoms with Gasteiger partial charge in [0.2, 0.25) is 0 Å². The second-order valence-electron chi connectivity index (χ2n) is 7.10. The van der Waals surface area contributed by atoms with Gasteiger partial charge in [0.25, 0.3) is 0 Å². The zero-order valence-corrected chi connectivity index (χ0v) is 12.6. The number of rotatable bonds is 1. The third kappa shape index (κ3) is 4.37. The lowest BCUT2D eigenvalue weighted by molar-refractivity contribution is 0.0465. The summed E-state index contributed by atoms with van der Waals surface area (Å²) in [5, 5.41) is 6.74. The molecular weight excluding hydrogens is 240 g/mol. The third-order valence-corrected chi connectivity index (χ3v) is 4.15. The summed E-state index contributed by atoms with van der Waals surface area (Å²) in [6.07, 6.45) is 8.13. The fourth-order valence-electron chi connectivity index (χ4n) is 3.38. The van der Waals surface area contributed by atoms with E-state index in [4.69, 9.17) is 4.74 Å². The van der Waals surface area contributed by atoms with Crippen molar-refractivity contribution < 1.29 is 9.53 Å². The standard InChI is InChI=1S/C15H28N2O2/c1-14(2,3)19-13(18)17-12-7-6-9-15(11-12)8-4-5-10-16-15/h12,16H,4-11H2,1-3H3,(H,17,18). The van der Waals surface area contributed by atoms with Crippen molar-refractivity contribution in [1.82, 2.24) is 10.6 Å². The molecule has 2 N–H and O–H groups in total. The van der Waals surface area contributed by atoms with Crippen molar-refractivity contribution in [2.24, 2.45) is 0 Å². The van der Waals surface area contributed by atoms with Gasteiger partial charge in [0, 0.05) is 11.6 Å². The number of carbonyl (C=O) groups excluding carboxylic acids is 1. The van der Waals surface area contributed by atoms with Crippen molar-refractivity contribution in [2.75, 3.05) is 6.54 Å². The van der Waals surface area contributed by atoms with Crippen molar-refractivity contribution >= 4 is 6.09 Å². The van der Waals surface area contributed by atoms with E-state index in [-0.39, 0.29) is 17.7 Å². The van der Waals surface area contributed by atoms with E-state index in [1.54, 1.807) is 0 Å². The lowest BCUT2D eigenvalue weighted by Gasteiger charge is -2.44. The van der Waals surface area contributed by atoms with E-state index in [1.165, 1.54) is 32.1 Å². The van der Waals surface area contributed by atoms with Crippen LogP contribution in [-0.4, -0.2) is 29.8 Å². The van der Waals surface area contributed by atoms with E-state index in [2.05, 4.69) is 10.6 Å². The monoisotopic (exact) mass is 268 g/mol. The van der Waals surface area contributed by atoms with E-state index < -0.39 is 5.60 Å². The quantitative estimate of drug-likeness (QED) is 0.768. The zero-order valence-electron chi connectivity index (χ0n) is 12.6. The molecule has 19 heavy (non-hydrogen) atoms. The zero-order chi connectivity index (χ0) is 13.9. The molecule has 0 aromatic carbocycles. The Labute approximate surface area is 116 Å². The Morgan fingerprint density at radius 3 is 2.63 bits per heavy atom. The minimum absolute atomic E-state index is 0.259. The molecule has 0 radical (unpaired) electrons. The number of nitrogens with one attached hydrogen (secondary N) is 2. The SMILES string of the molecule is CC(C)(C)OC(=O)NC1CCCC2(CCCCN2)C1. The van der Waals surface area contributed by atoms with Gasteiger partial charge in [-0.1, -0.05) is 6.42 Å². The molecule has 0 aromatic heterocycles. The summed E-state index contributed by atoms with van der Waals surface area (Å²) in [6.45, 7) is 6.83. The van der Waals surface area contributed by atoms with Gasteiger partial charge in [-0.05, 0) is 65.8 Å². The number of hydrogen-bond donors (Lipinski definition) is 2. The average Bonchev–Trinajstić information content (AvgIpc) is 2.27. The van der Waals surface area contributed by atoms with Crippen LogP contribution >= 0.6 is 0 Å². The fourth-order valence-corrected chi connectivity index (χ4v) is 3.38. The first kappa shape index (κ1) is 14.6. The maximum absolute atomic E-state index is 11.8. The molecule has 2 fully saturated rings. The van der Waals surface area contributed by atoms with Crippen LogP contribution in [0.4, 0.5) is 4.79 Å². The number of alkyl carbamates (subject to hydrolysis) is 1.